The number of carbonyl (C=O) groups is 4. The Bertz CT molecular complexity index is 2760. The number of benzene rings is 4. The Morgan fingerprint density at radius 1 is 0.942 bits per heavy atom. The molecule has 0 saturated carbocycles. The SMILES string of the molecule is Cc1ncsc1-c1ccc(CNC(=O)C2CCCN2C(=O)C(NC(=O)CCCCOc2ccc(-c3ccc(N4C(=S)N(c5ccc(C#N)c(C(F)(F)F)c5)C(=O)C4(C)C)cc3)cc2)C(C)(C)C)cc1. The van der Waals surface area contributed by atoms with Crippen molar-refractivity contribution in [3.63, 3.8) is 0 Å². The van der Waals surface area contributed by atoms with Gasteiger partial charge in [-0.1, -0.05) is 69.3 Å². The van der Waals surface area contributed by atoms with Crippen molar-refractivity contribution in [2.75, 3.05) is 23.0 Å². The summed E-state index contributed by atoms with van der Waals surface area (Å²) in [6, 6.07) is 26.0. The lowest BCUT2D eigenvalue weighted by atomic mass is 9.85. The van der Waals surface area contributed by atoms with Crippen molar-refractivity contribution >= 4 is 63.7 Å². The van der Waals surface area contributed by atoms with Gasteiger partial charge < -0.3 is 25.2 Å². The highest BCUT2D eigenvalue weighted by molar-refractivity contribution is 7.81. The molecule has 4 aromatic carbocycles. The minimum Gasteiger partial charge on any atom is -0.494 e. The number of aryl methyl sites for hydroxylation is 1. The molecule has 2 aliphatic heterocycles. The molecule has 7 rings (SSSR count). The molecule has 0 bridgehead atoms. The Labute approximate surface area is 409 Å². The number of carbonyl (C=O) groups excluding carboxylic acids is 4. The molecule has 360 valence electrons. The molecular weight excluding hydrogens is 924 g/mol. The summed E-state index contributed by atoms with van der Waals surface area (Å²) in [5.41, 5.74) is 3.53. The standard InChI is InChI=1S/C52H54F3N7O5S2/c1-32-44(69-31-58-32)36-14-12-33(13-15-36)30-57-46(64)42-10-9-26-60(42)47(65)45(50(2,3)4)59-43(63)11-7-8-27-67-40-24-19-35(20-25-40)34-16-21-38(22-17-34)62-49(68)61(48(66)51(62,5)6)39-23-18-37(29-56)41(28-39)52(53,54)55/h12-25,28,31,42,45H,7-11,26-27,30H2,1-6H3,(H,57,64)(H,59,63). The molecule has 2 fully saturated rings. The summed E-state index contributed by atoms with van der Waals surface area (Å²) in [7, 11) is 0. The van der Waals surface area contributed by atoms with Crippen LogP contribution in [0.3, 0.4) is 0 Å². The maximum Gasteiger partial charge on any atom is 0.417 e. The average molecular weight is 978 g/mol. The highest BCUT2D eigenvalue weighted by atomic mass is 32.1. The molecule has 2 saturated heterocycles. The zero-order chi connectivity index (χ0) is 49.8. The van der Waals surface area contributed by atoms with Crippen LogP contribution < -0.4 is 25.2 Å². The first kappa shape index (κ1) is 50.2. The van der Waals surface area contributed by atoms with E-state index in [1.54, 1.807) is 53.2 Å². The average Bonchev–Trinajstić information content (AvgIpc) is 4.03. The third-order valence-corrected chi connectivity index (χ3v) is 13.8. The van der Waals surface area contributed by atoms with Crippen LogP contribution in [0.15, 0.2) is 96.5 Å². The number of aromatic nitrogens is 1. The zero-order valence-corrected chi connectivity index (χ0v) is 40.9. The van der Waals surface area contributed by atoms with Gasteiger partial charge >= 0.3 is 6.18 Å². The van der Waals surface area contributed by atoms with Crippen molar-refractivity contribution in [2.24, 2.45) is 5.41 Å². The first-order valence-electron chi connectivity index (χ1n) is 22.7. The number of nitrogens with zero attached hydrogens (tertiary/aromatic N) is 5. The van der Waals surface area contributed by atoms with Crippen LogP contribution in [0.25, 0.3) is 21.6 Å². The van der Waals surface area contributed by atoms with Crippen molar-refractivity contribution in [1.29, 1.82) is 5.26 Å². The van der Waals surface area contributed by atoms with Gasteiger partial charge in [0.25, 0.3) is 5.91 Å². The van der Waals surface area contributed by atoms with Crippen LogP contribution in [-0.2, 0) is 31.9 Å². The number of ether oxygens (including phenoxy) is 1. The topological polar surface area (TPSA) is 148 Å². The van der Waals surface area contributed by atoms with Crippen molar-refractivity contribution in [2.45, 2.75) is 104 Å². The molecule has 4 amide bonds. The number of nitriles is 1. The van der Waals surface area contributed by atoms with Gasteiger partial charge in [-0.05, 0) is 129 Å². The van der Waals surface area contributed by atoms with Gasteiger partial charge in [0.2, 0.25) is 17.7 Å². The summed E-state index contributed by atoms with van der Waals surface area (Å²) >= 11 is 7.26. The summed E-state index contributed by atoms with van der Waals surface area (Å²) in [6.07, 6.45) is -2.24. The molecule has 17 heteroatoms. The monoisotopic (exact) mass is 977 g/mol. The van der Waals surface area contributed by atoms with E-state index in [1.807, 2.05) is 93.9 Å². The molecule has 69 heavy (non-hydrogen) atoms. The highest BCUT2D eigenvalue weighted by Gasteiger charge is 2.51. The van der Waals surface area contributed by atoms with Crippen LogP contribution >= 0.6 is 23.6 Å². The minimum atomic E-state index is -4.80. The number of alkyl halides is 3. The van der Waals surface area contributed by atoms with Crippen LogP contribution in [-0.4, -0.2) is 69.4 Å². The third kappa shape index (κ3) is 11.1. The van der Waals surface area contributed by atoms with Crippen molar-refractivity contribution < 1.29 is 37.1 Å². The van der Waals surface area contributed by atoms with E-state index in [1.165, 1.54) is 6.07 Å². The molecule has 12 nitrogen and oxygen atoms in total. The van der Waals surface area contributed by atoms with Gasteiger partial charge in [-0.25, -0.2) is 4.98 Å². The fraction of sp³-hybridized carbons (Fsp3) is 0.365. The number of unbranched alkanes of at least 4 members (excludes halogenated alkanes) is 1. The summed E-state index contributed by atoms with van der Waals surface area (Å²) < 4.78 is 47.3. The second-order valence-corrected chi connectivity index (χ2v) is 20.0. The van der Waals surface area contributed by atoms with Crippen LogP contribution in [0.1, 0.15) is 89.1 Å². The first-order chi connectivity index (χ1) is 32.7. The fourth-order valence-electron chi connectivity index (χ4n) is 8.59. The van der Waals surface area contributed by atoms with E-state index in [0.717, 1.165) is 49.9 Å². The lowest BCUT2D eigenvalue weighted by Gasteiger charge is -2.35. The Kier molecular flexibility index (Phi) is 14.9. The largest absolute Gasteiger partial charge is 0.494 e. The molecule has 2 N–H and O–H groups in total. The molecule has 2 aliphatic rings. The van der Waals surface area contributed by atoms with Gasteiger partial charge in [0, 0.05) is 25.2 Å². The van der Waals surface area contributed by atoms with Gasteiger partial charge in [-0.2, -0.15) is 18.4 Å². The molecular formula is C52H54F3N7O5S2. The molecule has 0 spiro atoms. The van der Waals surface area contributed by atoms with Crippen molar-refractivity contribution in [1.82, 2.24) is 20.5 Å². The van der Waals surface area contributed by atoms with E-state index in [4.69, 9.17) is 17.0 Å². The smallest absolute Gasteiger partial charge is 0.417 e. The Balaban J connectivity index is 0.872. The summed E-state index contributed by atoms with van der Waals surface area (Å²) in [6.45, 7) is 12.1. The number of thiocarbonyl (C=S) groups is 1. The van der Waals surface area contributed by atoms with E-state index >= 15 is 0 Å². The van der Waals surface area contributed by atoms with Crippen LogP contribution in [0, 0.1) is 23.7 Å². The van der Waals surface area contributed by atoms with Crippen LogP contribution in [0.4, 0.5) is 24.5 Å². The second-order valence-electron chi connectivity index (χ2n) is 18.8. The molecule has 0 radical (unpaired) electrons. The third-order valence-electron chi connectivity index (χ3n) is 12.4. The van der Waals surface area contributed by atoms with E-state index in [0.29, 0.717) is 56.8 Å². The Morgan fingerprint density at radius 2 is 1.58 bits per heavy atom. The zero-order valence-electron chi connectivity index (χ0n) is 39.3. The Morgan fingerprint density at radius 3 is 2.19 bits per heavy atom. The number of nitrogens with one attached hydrogen (secondary N) is 2. The number of hydrogen-bond donors (Lipinski definition) is 2. The van der Waals surface area contributed by atoms with Gasteiger partial charge in [-0.15, -0.1) is 11.3 Å². The van der Waals surface area contributed by atoms with Crippen molar-refractivity contribution in [3.8, 4) is 33.4 Å². The van der Waals surface area contributed by atoms with Gasteiger partial charge in [0.05, 0.1) is 45.6 Å². The maximum atomic E-state index is 14.0. The number of halogens is 3. The van der Waals surface area contributed by atoms with Crippen LogP contribution in [0.5, 0.6) is 5.75 Å². The predicted molar refractivity (Wildman–Crippen MR) is 264 cm³/mol. The van der Waals surface area contributed by atoms with E-state index in [-0.39, 0.29) is 34.9 Å². The molecule has 2 unspecified atom stereocenters. The number of rotatable bonds is 15. The number of anilines is 2. The van der Waals surface area contributed by atoms with E-state index < -0.39 is 46.2 Å². The second kappa shape index (κ2) is 20.5. The van der Waals surface area contributed by atoms with E-state index in [9.17, 15) is 37.6 Å². The number of likely N-dealkylation sites (tertiary alicyclic amines) is 1. The van der Waals surface area contributed by atoms with Gasteiger partial charge in [-0.3, -0.25) is 24.1 Å². The fourth-order valence-corrected chi connectivity index (χ4v) is 9.93. The maximum absolute atomic E-state index is 14.0. The number of hydrogen-bond acceptors (Lipinski definition) is 9. The lowest BCUT2D eigenvalue weighted by Crippen LogP contribution is -2.57. The van der Waals surface area contributed by atoms with Crippen molar-refractivity contribution in [3.05, 3.63) is 119 Å². The lowest BCUT2D eigenvalue weighted by molar-refractivity contribution is -0.144. The predicted octanol–water partition coefficient (Wildman–Crippen LogP) is 9.98. The quantitative estimate of drug-likeness (QED) is 0.0773. The minimum absolute atomic E-state index is 0.00747. The number of amides is 4. The normalized spacial score (nSPS) is 16.3. The molecule has 0 aliphatic carbocycles. The van der Waals surface area contributed by atoms with E-state index in [2.05, 4.69) is 15.6 Å². The Hall–Kier alpha value is -6.64. The summed E-state index contributed by atoms with van der Waals surface area (Å²) in [5.74, 6) is -0.602. The molecule has 1 aromatic heterocycles. The molecule has 5 aromatic rings. The summed E-state index contributed by atoms with van der Waals surface area (Å²) in [4.78, 5) is 64.0. The highest BCUT2D eigenvalue weighted by Crippen LogP contribution is 2.40. The molecule has 3 heterocycles. The van der Waals surface area contributed by atoms with Gasteiger partial charge in [0.1, 0.15) is 23.4 Å². The van der Waals surface area contributed by atoms with Gasteiger partial charge in [0.15, 0.2) is 5.11 Å². The molecule has 2 atom stereocenters. The number of thiazole rings is 1. The first-order valence-corrected chi connectivity index (χ1v) is 24.0. The van der Waals surface area contributed by atoms with Crippen LogP contribution in [0.2, 0.25) is 0 Å². The summed E-state index contributed by atoms with van der Waals surface area (Å²) in [5, 5.41) is 15.2.